The lowest BCUT2D eigenvalue weighted by atomic mass is 10.3. The van der Waals surface area contributed by atoms with E-state index in [0.29, 0.717) is 11.5 Å². The van der Waals surface area contributed by atoms with Gasteiger partial charge < -0.3 is 10.4 Å². The van der Waals surface area contributed by atoms with Crippen LogP contribution in [0, 0.1) is 0 Å². The molecular weight excluding hydrogens is 310 g/mol. The molecule has 1 aromatic heterocycles. The molecule has 0 aliphatic rings. The molecule has 0 radical (unpaired) electrons. The topological polar surface area (TPSA) is 75.1 Å². The number of carboxylic acid groups (broad SMARTS) is 1. The first kappa shape index (κ1) is 13.2. The van der Waals surface area contributed by atoms with Gasteiger partial charge in [0.15, 0.2) is 0 Å². The Balaban J connectivity index is 2.06. The summed E-state index contributed by atoms with van der Waals surface area (Å²) in [6, 6.07) is 7.61. The average Bonchev–Trinajstić information content (AvgIpc) is 2.40. The van der Waals surface area contributed by atoms with E-state index in [4.69, 9.17) is 5.11 Å². The van der Waals surface area contributed by atoms with Crippen LogP contribution in [-0.2, 0) is 4.79 Å². The molecule has 0 saturated carbocycles. The molecule has 0 bridgehead atoms. The van der Waals surface area contributed by atoms with Crippen molar-refractivity contribution in [1.29, 1.82) is 0 Å². The van der Waals surface area contributed by atoms with Gasteiger partial charge in [0.1, 0.15) is 0 Å². The number of aromatic nitrogens is 2. The molecule has 6 heteroatoms. The first-order valence-electron chi connectivity index (χ1n) is 5.39. The SMILES string of the molecule is O=C(O)/C=C/c1cnc(Nc2ccc(Br)cc2)nc1. The van der Waals surface area contributed by atoms with E-state index in [0.717, 1.165) is 16.2 Å². The first-order valence-corrected chi connectivity index (χ1v) is 6.18. The number of aliphatic carboxylic acids is 1. The Bertz CT molecular complexity index is 594. The number of carbonyl (C=O) groups is 1. The van der Waals surface area contributed by atoms with Crippen LogP contribution in [0.25, 0.3) is 6.08 Å². The van der Waals surface area contributed by atoms with Gasteiger partial charge in [-0.05, 0) is 30.3 Å². The van der Waals surface area contributed by atoms with Gasteiger partial charge in [0.05, 0.1) is 0 Å². The molecule has 1 heterocycles. The number of anilines is 2. The lowest BCUT2D eigenvalue weighted by Crippen LogP contribution is -1.96. The zero-order valence-electron chi connectivity index (χ0n) is 9.75. The van der Waals surface area contributed by atoms with Crippen LogP contribution >= 0.6 is 15.9 Å². The number of rotatable bonds is 4. The molecule has 96 valence electrons. The maximum absolute atomic E-state index is 10.4. The smallest absolute Gasteiger partial charge is 0.328 e. The second-order valence-electron chi connectivity index (χ2n) is 3.64. The maximum Gasteiger partial charge on any atom is 0.328 e. The highest BCUT2D eigenvalue weighted by Crippen LogP contribution is 2.16. The highest BCUT2D eigenvalue weighted by atomic mass is 79.9. The van der Waals surface area contributed by atoms with Gasteiger partial charge >= 0.3 is 5.97 Å². The molecule has 0 amide bonds. The molecule has 0 spiro atoms. The zero-order valence-corrected chi connectivity index (χ0v) is 11.3. The zero-order chi connectivity index (χ0) is 13.7. The lowest BCUT2D eigenvalue weighted by molar-refractivity contribution is -0.131. The summed E-state index contributed by atoms with van der Waals surface area (Å²) in [7, 11) is 0. The molecule has 2 rings (SSSR count). The molecule has 2 aromatic rings. The van der Waals surface area contributed by atoms with Crippen LogP contribution in [0.3, 0.4) is 0 Å². The van der Waals surface area contributed by atoms with Crippen molar-refractivity contribution in [3.8, 4) is 0 Å². The second-order valence-corrected chi connectivity index (χ2v) is 4.56. The largest absolute Gasteiger partial charge is 0.478 e. The predicted octanol–water partition coefficient (Wildman–Crippen LogP) is 3.08. The van der Waals surface area contributed by atoms with E-state index in [1.807, 2.05) is 24.3 Å². The number of hydrogen-bond donors (Lipinski definition) is 2. The second kappa shape index (κ2) is 6.10. The van der Waals surface area contributed by atoms with Crippen LogP contribution in [0.5, 0.6) is 0 Å². The summed E-state index contributed by atoms with van der Waals surface area (Å²) in [5.74, 6) is -0.549. The minimum absolute atomic E-state index is 0.454. The third-order valence-electron chi connectivity index (χ3n) is 2.19. The van der Waals surface area contributed by atoms with Crippen LogP contribution in [-0.4, -0.2) is 21.0 Å². The van der Waals surface area contributed by atoms with Gasteiger partial charge in [-0.3, -0.25) is 0 Å². The van der Waals surface area contributed by atoms with Crippen LogP contribution < -0.4 is 5.32 Å². The van der Waals surface area contributed by atoms with E-state index in [1.54, 1.807) is 12.4 Å². The van der Waals surface area contributed by atoms with Gasteiger partial charge in [-0.15, -0.1) is 0 Å². The molecular formula is C13H10BrN3O2. The summed E-state index contributed by atoms with van der Waals surface area (Å²) in [5.41, 5.74) is 1.50. The summed E-state index contributed by atoms with van der Waals surface area (Å²) >= 11 is 3.35. The predicted molar refractivity (Wildman–Crippen MR) is 76.1 cm³/mol. The standard InChI is InChI=1S/C13H10BrN3O2/c14-10-2-4-11(5-3-10)17-13-15-7-9(8-16-13)1-6-12(18)19/h1-8H,(H,18,19)(H,15,16,17)/b6-1+. The molecule has 2 N–H and O–H groups in total. The van der Waals surface area contributed by atoms with Crippen molar-refractivity contribution in [3.63, 3.8) is 0 Å². The summed E-state index contributed by atoms with van der Waals surface area (Å²) in [5, 5.41) is 11.5. The monoisotopic (exact) mass is 319 g/mol. The number of benzene rings is 1. The third-order valence-corrected chi connectivity index (χ3v) is 2.72. The molecule has 0 saturated heterocycles. The number of nitrogens with one attached hydrogen (secondary N) is 1. The van der Waals surface area contributed by atoms with Gasteiger partial charge in [-0.1, -0.05) is 15.9 Å². The summed E-state index contributed by atoms with van der Waals surface area (Å²) in [6.07, 6.45) is 5.58. The fraction of sp³-hybridized carbons (Fsp3) is 0. The molecule has 0 aliphatic heterocycles. The Labute approximate surface area is 118 Å². The Hall–Kier alpha value is -2.21. The fourth-order valence-corrected chi connectivity index (χ4v) is 1.58. The maximum atomic E-state index is 10.4. The van der Waals surface area contributed by atoms with Crippen molar-refractivity contribution in [2.24, 2.45) is 0 Å². The summed E-state index contributed by atoms with van der Waals surface area (Å²) in [4.78, 5) is 18.6. The molecule has 1 aromatic carbocycles. The van der Waals surface area contributed by atoms with Gasteiger partial charge in [0.25, 0.3) is 0 Å². The molecule has 0 atom stereocenters. The van der Waals surface area contributed by atoms with Crippen molar-refractivity contribution in [1.82, 2.24) is 9.97 Å². The van der Waals surface area contributed by atoms with E-state index >= 15 is 0 Å². The van der Waals surface area contributed by atoms with Crippen LogP contribution in [0.2, 0.25) is 0 Å². The first-order chi connectivity index (χ1) is 9.13. The molecule has 0 aliphatic carbocycles. The van der Waals surface area contributed by atoms with E-state index in [1.165, 1.54) is 6.08 Å². The Morgan fingerprint density at radius 1 is 1.21 bits per heavy atom. The van der Waals surface area contributed by atoms with E-state index in [-0.39, 0.29) is 0 Å². The number of nitrogens with zero attached hydrogens (tertiary/aromatic N) is 2. The normalized spacial score (nSPS) is 10.6. The van der Waals surface area contributed by atoms with Crippen LogP contribution in [0.4, 0.5) is 11.6 Å². The van der Waals surface area contributed by atoms with Crippen molar-refractivity contribution >= 4 is 39.6 Å². The van der Waals surface area contributed by atoms with Crippen LogP contribution in [0.15, 0.2) is 47.2 Å². The van der Waals surface area contributed by atoms with Gasteiger partial charge in [-0.2, -0.15) is 0 Å². The third kappa shape index (κ3) is 4.18. The van der Waals surface area contributed by atoms with Gasteiger partial charge in [0, 0.05) is 34.2 Å². The quantitative estimate of drug-likeness (QED) is 0.847. The molecule has 5 nitrogen and oxygen atoms in total. The number of carboxylic acids is 1. The molecule has 0 fully saturated rings. The lowest BCUT2D eigenvalue weighted by Gasteiger charge is -2.04. The van der Waals surface area contributed by atoms with Crippen LogP contribution in [0.1, 0.15) is 5.56 Å². The van der Waals surface area contributed by atoms with Crippen molar-refractivity contribution in [3.05, 3.63) is 52.8 Å². The highest BCUT2D eigenvalue weighted by Gasteiger charge is 1.98. The minimum Gasteiger partial charge on any atom is -0.478 e. The van der Waals surface area contributed by atoms with Crippen molar-refractivity contribution in [2.45, 2.75) is 0 Å². The highest BCUT2D eigenvalue weighted by molar-refractivity contribution is 9.10. The number of halogens is 1. The summed E-state index contributed by atoms with van der Waals surface area (Å²) in [6.45, 7) is 0. The molecule has 19 heavy (non-hydrogen) atoms. The number of hydrogen-bond acceptors (Lipinski definition) is 4. The van der Waals surface area contributed by atoms with Gasteiger partial charge in [-0.25, -0.2) is 14.8 Å². The fourth-order valence-electron chi connectivity index (χ4n) is 1.32. The van der Waals surface area contributed by atoms with E-state index in [2.05, 4.69) is 31.2 Å². The average molecular weight is 320 g/mol. The van der Waals surface area contributed by atoms with Crippen molar-refractivity contribution in [2.75, 3.05) is 5.32 Å². The Morgan fingerprint density at radius 3 is 2.42 bits per heavy atom. The Kier molecular flexibility index (Phi) is 4.25. The minimum atomic E-state index is -1.00. The van der Waals surface area contributed by atoms with Gasteiger partial charge in [0.2, 0.25) is 5.95 Å². The summed E-state index contributed by atoms with van der Waals surface area (Å²) < 4.78 is 0.994. The van der Waals surface area contributed by atoms with Crippen molar-refractivity contribution < 1.29 is 9.90 Å². The molecule has 0 unspecified atom stereocenters. The van der Waals surface area contributed by atoms with E-state index in [9.17, 15) is 4.79 Å². The Morgan fingerprint density at radius 2 is 1.84 bits per heavy atom. The van der Waals surface area contributed by atoms with E-state index < -0.39 is 5.97 Å².